The highest BCUT2D eigenvalue weighted by atomic mass is 35.5. The lowest BCUT2D eigenvalue weighted by Gasteiger charge is -2.32. The fourth-order valence-electron chi connectivity index (χ4n) is 3.17. The Hall–Kier alpha value is -1.06. The molecule has 0 aromatic heterocycles. The van der Waals surface area contributed by atoms with Gasteiger partial charge in [0.1, 0.15) is 0 Å². The van der Waals surface area contributed by atoms with Crippen molar-refractivity contribution in [3.05, 3.63) is 69.2 Å². The highest BCUT2D eigenvalue weighted by Gasteiger charge is 2.20. The largest absolute Gasteiger partial charge is 0.372 e. The van der Waals surface area contributed by atoms with Crippen molar-refractivity contribution >= 4 is 23.2 Å². The van der Waals surface area contributed by atoms with E-state index in [4.69, 9.17) is 27.9 Å². The predicted molar refractivity (Wildman–Crippen MR) is 101 cm³/mol. The van der Waals surface area contributed by atoms with Gasteiger partial charge in [-0.2, -0.15) is 0 Å². The Kier molecular flexibility index (Phi) is 6.18. The molecule has 0 saturated carbocycles. The minimum atomic E-state index is 0.293. The minimum Gasteiger partial charge on any atom is -0.372 e. The molecule has 1 saturated heterocycles. The highest BCUT2D eigenvalue weighted by Crippen LogP contribution is 2.24. The van der Waals surface area contributed by atoms with Crippen LogP contribution in [0.5, 0.6) is 0 Å². The Balaban J connectivity index is 1.54. The molecular formula is C20H23Cl2NO. The maximum absolute atomic E-state index is 6.17. The van der Waals surface area contributed by atoms with E-state index in [1.54, 1.807) is 0 Å². The van der Waals surface area contributed by atoms with Crippen LogP contribution in [0, 0.1) is 6.92 Å². The summed E-state index contributed by atoms with van der Waals surface area (Å²) in [5, 5.41) is 1.23. The molecule has 1 aliphatic rings. The lowest BCUT2D eigenvalue weighted by Crippen LogP contribution is -2.39. The Morgan fingerprint density at radius 2 is 1.96 bits per heavy atom. The normalized spacial score (nSPS) is 18.7. The molecule has 0 aliphatic carbocycles. The lowest BCUT2D eigenvalue weighted by atomic mass is 10.1. The molecule has 0 unspecified atom stereocenters. The number of piperidine rings is 1. The summed E-state index contributed by atoms with van der Waals surface area (Å²) in [7, 11) is 0. The molecule has 1 aliphatic heterocycles. The zero-order valence-corrected chi connectivity index (χ0v) is 15.5. The third-order valence-corrected chi connectivity index (χ3v) is 5.33. The molecule has 1 heterocycles. The van der Waals surface area contributed by atoms with Crippen molar-refractivity contribution in [1.29, 1.82) is 0 Å². The summed E-state index contributed by atoms with van der Waals surface area (Å²) in [5.74, 6) is 0. The van der Waals surface area contributed by atoms with E-state index in [1.807, 2.05) is 18.2 Å². The monoisotopic (exact) mass is 363 g/mol. The van der Waals surface area contributed by atoms with Crippen LogP contribution in [0.3, 0.4) is 0 Å². The Labute approximate surface area is 154 Å². The van der Waals surface area contributed by atoms with E-state index in [9.17, 15) is 0 Å². The average Bonchev–Trinajstić information content (AvgIpc) is 2.58. The number of aryl methyl sites for hydroxylation is 1. The number of nitrogens with zero attached hydrogens (tertiary/aromatic N) is 1. The lowest BCUT2D eigenvalue weighted by molar-refractivity contribution is -0.0122. The topological polar surface area (TPSA) is 12.5 Å². The van der Waals surface area contributed by atoms with E-state index in [-0.39, 0.29) is 0 Å². The first-order valence-electron chi connectivity index (χ1n) is 8.44. The Morgan fingerprint density at radius 3 is 2.75 bits per heavy atom. The van der Waals surface area contributed by atoms with Crippen LogP contribution in [-0.4, -0.2) is 24.1 Å². The third-order valence-electron chi connectivity index (χ3n) is 4.59. The number of likely N-dealkylation sites (tertiary alicyclic amines) is 1. The van der Waals surface area contributed by atoms with E-state index in [2.05, 4.69) is 36.1 Å². The van der Waals surface area contributed by atoms with Crippen LogP contribution in [0.15, 0.2) is 42.5 Å². The van der Waals surface area contributed by atoms with Crippen LogP contribution < -0.4 is 0 Å². The molecule has 2 aromatic carbocycles. The van der Waals surface area contributed by atoms with Crippen molar-refractivity contribution in [2.45, 2.75) is 39.0 Å². The predicted octanol–water partition coefficient (Wildman–Crippen LogP) is 5.48. The van der Waals surface area contributed by atoms with Gasteiger partial charge in [0.25, 0.3) is 0 Å². The number of hydrogen-bond donors (Lipinski definition) is 0. The van der Waals surface area contributed by atoms with Crippen LogP contribution in [0.1, 0.15) is 29.5 Å². The maximum atomic E-state index is 6.17. The molecule has 0 amide bonds. The van der Waals surface area contributed by atoms with Gasteiger partial charge in [-0.15, -0.1) is 0 Å². The Bertz CT molecular complexity index is 689. The van der Waals surface area contributed by atoms with E-state index < -0.39 is 0 Å². The van der Waals surface area contributed by atoms with E-state index in [0.717, 1.165) is 26.1 Å². The van der Waals surface area contributed by atoms with Crippen LogP contribution in [0.25, 0.3) is 0 Å². The molecule has 128 valence electrons. The molecule has 24 heavy (non-hydrogen) atoms. The molecule has 3 rings (SSSR count). The van der Waals surface area contributed by atoms with Crippen LogP contribution in [0.2, 0.25) is 10.0 Å². The van der Waals surface area contributed by atoms with Crippen LogP contribution in [-0.2, 0) is 17.9 Å². The van der Waals surface area contributed by atoms with Crippen molar-refractivity contribution in [3.63, 3.8) is 0 Å². The van der Waals surface area contributed by atoms with Gasteiger partial charge in [-0.3, -0.25) is 4.90 Å². The third kappa shape index (κ3) is 4.73. The van der Waals surface area contributed by atoms with Gasteiger partial charge in [0.05, 0.1) is 22.8 Å². The molecule has 2 nitrogen and oxygen atoms in total. The minimum absolute atomic E-state index is 0.293. The smallest absolute Gasteiger partial charge is 0.0723 e. The summed E-state index contributed by atoms with van der Waals surface area (Å²) in [6.45, 7) is 5.78. The number of hydrogen-bond acceptors (Lipinski definition) is 2. The van der Waals surface area contributed by atoms with Gasteiger partial charge in [0, 0.05) is 13.1 Å². The summed E-state index contributed by atoms with van der Waals surface area (Å²) in [6.07, 6.45) is 2.59. The van der Waals surface area contributed by atoms with E-state index in [0.29, 0.717) is 22.8 Å². The molecule has 4 heteroatoms. The second-order valence-corrected chi connectivity index (χ2v) is 7.30. The number of halogens is 2. The van der Waals surface area contributed by atoms with Crippen molar-refractivity contribution in [1.82, 2.24) is 4.90 Å². The summed E-state index contributed by atoms with van der Waals surface area (Å²) in [5.41, 5.74) is 3.77. The first kappa shape index (κ1) is 17.8. The number of ether oxygens (including phenoxy) is 1. The highest BCUT2D eigenvalue weighted by molar-refractivity contribution is 6.42. The molecule has 2 aromatic rings. The average molecular weight is 364 g/mol. The fourth-order valence-corrected chi connectivity index (χ4v) is 3.49. The van der Waals surface area contributed by atoms with Gasteiger partial charge in [0.15, 0.2) is 0 Å². The van der Waals surface area contributed by atoms with Gasteiger partial charge >= 0.3 is 0 Å². The first-order valence-corrected chi connectivity index (χ1v) is 9.20. The molecule has 0 radical (unpaired) electrons. The molecule has 1 fully saturated rings. The molecule has 0 spiro atoms. The van der Waals surface area contributed by atoms with Gasteiger partial charge in [-0.1, -0.05) is 53.5 Å². The van der Waals surface area contributed by atoms with Gasteiger partial charge in [-0.25, -0.2) is 0 Å². The zero-order chi connectivity index (χ0) is 16.9. The summed E-state index contributed by atoms with van der Waals surface area (Å²) in [6, 6.07) is 14.3. The number of rotatable bonds is 5. The second kappa shape index (κ2) is 8.35. The molecule has 0 N–H and O–H groups in total. The standard InChI is InChI=1S/C20H23Cl2NO/c1-15-5-2-3-6-17(15)14-24-18-7-4-10-23(13-18)12-16-8-9-19(21)20(22)11-16/h2-3,5-6,8-9,11,18H,4,7,10,12-14H2,1H3/t18-/m0/s1. The SMILES string of the molecule is Cc1ccccc1CO[C@H]1CCCN(Cc2ccc(Cl)c(Cl)c2)C1. The second-order valence-electron chi connectivity index (χ2n) is 6.49. The van der Waals surface area contributed by atoms with Crippen molar-refractivity contribution < 1.29 is 4.74 Å². The summed E-state index contributed by atoms with van der Waals surface area (Å²) < 4.78 is 6.17. The summed E-state index contributed by atoms with van der Waals surface area (Å²) in [4.78, 5) is 2.44. The molecule has 0 bridgehead atoms. The molecular weight excluding hydrogens is 341 g/mol. The van der Waals surface area contributed by atoms with Gasteiger partial charge in [-0.05, 0) is 55.1 Å². The molecule has 1 atom stereocenters. The Morgan fingerprint density at radius 1 is 1.12 bits per heavy atom. The maximum Gasteiger partial charge on any atom is 0.0723 e. The van der Waals surface area contributed by atoms with Crippen molar-refractivity contribution in [3.8, 4) is 0 Å². The van der Waals surface area contributed by atoms with Crippen molar-refractivity contribution in [2.24, 2.45) is 0 Å². The number of benzene rings is 2. The van der Waals surface area contributed by atoms with Gasteiger partial charge in [0.2, 0.25) is 0 Å². The van der Waals surface area contributed by atoms with Gasteiger partial charge < -0.3 is 4.74 Å². The van der Waals surface area contributed by atoms with Crippen LogP contribution in [0.4, 0.5) is 0 Å². The van der Waals surface area contributed by atoms with Crippen LogP contribution >= 0.6 is 23.2 Å². The van der Waals surface area contributed by atoms with E-state index >= 15 is 0 Å². The van der Waals surface area contributed by atoms with E-state index in [1.165, 1.54) is 23.1 Å². The fraction of sp³-hybridized carbons (Fsp3) is 0.400. The summed E-state index contributed by atoms with van der Waals surface area (Å²) >= 11 is 12.1. The quantitative estimate of drug-likeness (QED) is 0.696. The van der Waals surface area contributed by atoms with Crippen molar-refractivity contribution in [2.75, 3.05) is 13.1 Å². The zero-order valence-electron chi connectivity index (χ0n) is 14.0. The first-order chi connectivity index (χ1) is 11.6.